The van der Waals surface area contributed by atoms with Crippen LogP contribution in [0.25, 0.3) is 6.08 Å². The molecule has 168 valence electrons. The summed E-state index contributed by atoms with van der Waals surface area (Å²) in [5.74, 6) is -1.16. The van der Waals surface area contributed by atoms with Crippen LogP contribution in [0.15, 0.2) is 22.9 Å². The van der Waals surface area contributed by atoms with Crippen molar-refractivity contribution in [3.05, 3.63) is 28.5 Å². The highest BCUT2D eigenvalue weighted by Crippen LogP contribution is 2.40. The fraction of sp³-hybridized carbons (Fsp3) is 0.545. The Morgan fingerprint density at radius 2 is 1.87 bits per heavy atom. The number of nitrogens with zero attached hydrogens (tertiary/aromatic N) is 2. The van der Waals surface area contributed by atoms with Crippen molar-refractivity contribution in [3.8, 4) is 0 Å². The minimum atomic E-state index is -0.971. The van der Waals surface area contributed by atoms with Crippen molar-refractivity contribution >= 4 is 41.1 Å². The number of rotatable bonds is 6. The minimum absolute atomic E-state index is 0.0122. The number of ether oxygens (including phenoxy) is 1. The SMILES string of the molecule is COC(=O)[C@H](CC(=O)N1CCC2(CCN(C(=O)/C=C/c3ccsc3)CC2)C1)NC(C)=O. The first-order chi connectivity index (χ1) is 14.8. The molecule has 0 aromatic carbocycles. The highest BCUT2D eigenvalue weighted by Gasteiger charge is 2.43. The van der Waals surface area contributed by atoms with Crippen LogP contribution in [0.1, 0.15) is 38.2 Å². The van der Waals surface area contributed by atoms with E-state index in [9.17, 15) is 19.2 Å². The van der Waals surface area contributed by atoms with Crippen molar-refractivity contribution in [1.82, 2.24) is 15.1 Å². The van der Waals surface area contributed by atoms with Gasteiger partial charge in [0.25, 0.3) is 0 Å². The topological polar surface area (TPSA) is 96.0 Å². The fourth-order valence-electron chi connectivity index (χ4n) is 4.28. The molecule has 3 heterocycles. The highest BCUT2D eigenvalue weighted by molar-refractivity contribution is 7.08. The van der Waals surface area contributed by atoms with E-state index in [4.69, 9.17) is 4.74 Å². The van der Waals surface area contributed by atoms with Crippen molar-refractivity contribution < 1.29 is 23.9 Å². The second kappa shape index (κ2) is 10.1. The number of carbonyl (C=O) groups excluding carboxylic acids is 4. The normalized spacial score (nSPS) is 18.9. The highest BCUT2D eigenvalue weighted by atomic mass is 32.1. The van der Waals surface area contributed by atoms with Crippen LogP contribution >= 0.6 is 11.3 Å². The maximum absolute atomic E-state index is 12.7. The van der Waals surface area contributed by atoms with Crippen molar-refractivity contribution in [1.29, 1.82) is 0 Å². The Hall–Kier alpha value is -2.68. The molecule has 8 nitrogen and oxygen atoms in total. The Bertz CT molecular complexity index is 843. The Balaban J connectivity index is 1.51. The van der Waals surface area contributed by atoms with E-state index in [1.165, 1.54) is 14.0 Å². The van der Waals surface area contributed by atoms with E-state index in [-0.39, 0.29) is 29.6 Å². The van der Waals surface area contributed by atoms with Crippen LogP contribution in [-0.2, 0) is 23.9 Å². The largest absolute Gasteiger partial charge is 0.467 e. The summed E-state index contributed by atoms with van der Waals surface area (Å²) >= 11 is 1.60. The second-order valence-electron chi connectivity index (χ2n) is 8.26. The molecule has 0 saturated carbocycles. The number of esters is 1. The van der Waals surface area contributed by atoms with E-state index in [1.54, 1.807) is 22.3 Å². The lowest BCUT2D eigenvalue weighted by molar-refractivity contribution is -0.147. The van der Waals surface area contributed by atoms with Gasteiger partial charge in [-0.1, -0.05) is 0 Å². The molecule has 3 amide bonds. The van der Waals surface area contributed by atoms with E-state index in [0.717, 1.165) is 24.8 Å². The first-order valence-corrected chi connectivity index (χ1v) is 11.4. The van der Waals surface area contributed by atoms with Gasteiger partial charge in [0.05, 0.1) is 13.5 Å². The van der Waals surface area contributed by atoms with Gasteiger partial charge in [0.2, 0.25) is 17.7 Å². The number of likely N-dealkylation sites (tertiary alicyclic amines) is 2. The number of hydrogen-bond acceptors (Lipinski definition) is 6. The predicted molar refractivity (Wildman–Crippen MR) is 117 cm³/mol. The lowest BCUT2D eigenvalue weighted by Gasteiger charge is -2.39. The monoisotopic (exact) mass is 447 g/mol. The van der Waals surface area contributed by atoms with Crippen molar-refractivity contribution in [2.75, 3.05) is 33.3 Å². The van der Waals surface area contributed by atoms with Gasteiger partial charge >= 0.3 is 5.97 Å². The molecule has 0 bridgehead atoms. The van der Waals surface area contributed by atoms with Crippen LogP contribution in [0.3, 0.4) is 0 Å². The average Bonchev–Trinajstić information content (AvgIpc) is 3.41. The van der Waals surface area contributed by atoms with Gasteiger partial charge in [0.15, 0.2) is 0 Å². The number of hydrogen-bond donors (Lipinski definition) is 1. The van der Waals surface area contributed by atoms with Crippen molar-refractivity contribution in [2.45, 2.75) is 38.6 Å². The molecule has 1 aromatic heterocycles. The van der Waals surface area contributed by atoms with E-state index >= 15 is 0 Å². The predicted octanol–water partition coefficient (Wildman–Crippen LogP) is 1.67. The Labute approximate surface area is 186 Å². The first-order valence-electron chi connectivity index (χ1n) is 10.4. The summed E-state index contributed by atoms with van der Waals surface area (Å²) in [7, 11) is 1.23. The van der Waals surface area contributed by atoms with E-state index < -0.39 is 12.0 Å². The van der Waals surface area contributed by atoms with Crippen LogP contribution in [-0.4, -0.2) is 72.8 Å². The van der Waals surface area contributed by atoms with Crippen LogP contribution in [0.2, 0.25) is 0 Å². The first kappa shape index (κ1) is 23.0. The Morgan fingerprint density at radius 3 is 2.45 bits per heavy atom. The standard InChI is InChI=1S/C22H29N3O5S/c1-16(26)23-18(21(29)30-2)13-20(28)25-11-8-22(15-25)6-9-24(10-7-22)19(27)4-3-17-5-12-31-14-17/h3-5,12,14,18H,6-11,13,15H2,1-2H3,(H,23,26)/b4-3+/t18-/m0/s1. The minimum Gasteiger partial charge on any atom is -0.467 e. The summed E-state index contributed by atoms with van der Waals surface area (Å²) in [6, 6.07) is 1.00. The van der Waals surface area contributed by atoms with Crippen molar-refractivity contribution in [3.63, 3.8) is 0 Å². The second-order valence-corrected chi connectivity index (χ2v) is 9.04. The molecule has 0 aliphatic carbocycles. The molecule has 0 radical (unpaired) electrons. The third kappa shape index (κ3) is 5.94. The molecule has 1 aromatic rings. The maximum Gasteiger partial charge on any atom is 0.328 e. The van der Waals surface area contributed by atoms with Crippen molar-refractivity contribution in [2.24, 2.45) is 5.41 Å². The number of nitrogens with one attached hydrogen (secondary N) is 1. The van der Waals surface area contributed by atoms with Gasteiger partial charge in [-0.15, -0.1) is 0 Å². The maximum atomic E-state index is 12.7. The summed E-state index contributed by atoms with van der Waals surface area (Å²) < 4.78 is 4.70. The van der Waals surface area contributed by atoms with Gasteiger partial charge in [-0.2, -0.15) is 11.3 Å². The quantitative estimate of drug-likeness (QED) is 0.529. The Kier molecular flexibility index (Phi) is 7.48. The molecular weight excluding hydrogens is 418 g/mol. The summed E-state index contributed by atoms with van der Waals surface area (Å²) in [5.41, 5.74) is 1.04. The molecule has 2 fully saturated rings. The summed E-state index contributed by atoms with van der Waals surface area (Å²) in [6.07, 6.45) is 5.93. The molecule has 1 atom stereocenters. The average molecular weight is 448 g/mol. The lowest BCUT2D eigenvalue weighted by Crippen LogP contribution is -2.46. The molecule has 1 N–H and O–H groups in total. The van der Waals surface area contributed by atoms with Gasteiger partial charge in [-0.25, -0.2) is 4.79 Å². The zero-order valence-electron chi connectivity index (χ0n) is 18.0. The van der Waals surface area contributed by atoms with Crippen LogP contribution in [0.4, 0.5) is 0 Å². The van der Waals surface area contributed by atoms with Gasteiger partial charge in [-0.3, -0.25) is 14.4 Å². The Morgan fingerprint density at radius 1 is 1.19 bits per heavy atom. The van der Waals surface area contributed by atoms with Gasteiger partial charge in [0.1, 0.15) is 6.04 Å². The molecular formula is C22H29N3O5S. The van der Waals surface area contributed by atoms with Crippen LogP contribution in [0, 0.1) is 5.41 Å². The molecule has 31 heavy (non-hydrogen) atoms. The molecule has 0 unspecified atom stereocenters. The van der Waals surface area contributed by atoms with Crippen LogP contribution in [0.5, 0.6) is 0 Å². The third-order valence-electron chi connectivity index (χ3n) is 6.13. The van der Waals surface area contributed by atoms with Crippen LogP contribution < -0.4 is 5.32 Å². The number of carbonyl (C=O) groups is 4. The molecule has 2 aliphatic rings. The third-order valence-corrected chi connectivity index (χ3v) is 6.83. The molecule has 1 spiro atoms. The number of amides is 3. The van der Waals surface area contributed by atoms with Gasteiger partial charge < -0.3 is 19.9 Å². The number of piperidine rings is 1. The van der Waals surface area contributed by atoms with E-state index in [1.807, 2.05) is 27.8 Å². The molecule has 2 saturated heterocycles. The fourth-order valence-corrected chi connectivity index (χ4v) is 4.91. The molecule has 3 rings (SSSR count). The zero-order valence-corrected chi connectivity index (χ0v) is 18.8. The zero-order chi connectivity index (χ0) is 22.4. The molecule has 9 heteroatoms. The number of methoxy groups -OCH3 is 1. The molecule has 2 aliphatic heterocycles. The van der Waals surface area contributed by atoms with E-state index in [0.29, 0.717) is 26.2 Å². The summed E-state index contributed by atoms with van der Waals surface area (Å²) in [5, 5.41) is 6.46. The van der Waals surface area contributed by atoms with E-state index in [2.05, 4.69) is 5.32 Å². The number of thiophene rings is 1. The summed E-state index contributed by atoms with van der Waals surface area (Å²) in [6.45, 7) is 3.89. The van der Waals surface area contributed by atoms with Gasteiger partial charge in [-0.05, 0) is 53.1 Å². The van der Waals surface area contributed by atoms with Gasteiger partial charge in [0, 0.05) is 39.2 Å². The summed E-state index contributed by atoms with van der Waals surface area (Å²) in [4.78, 5) is 52.1. The lowest BCUT2D eigenvalue weighted by atomic mass is 9.78. The smallest absolute Gasteiger partial charge is 0.328 e.